The topological polar surface area (TPSA) is 72.9 Å². The second kappa shape index (κ2) is 5.50. The highest BCUT2D eigenvalue weighted by Gasteiger charge is 2.17. The Morgan fingerprint density at radius 1 is 1.48 bits per heavy atom. The molecule has 0 aromatic carbocycles. The van der Waals surface area contributed by atoms with Crippen LogP contribution in [0.1, 0.15) is 28.2 Å². The van der Waals surface area contributed by atoms with Gasteiger partial charge in [-0.2, -0.15) is 0 Å². The third-order valence-corrected chi connectivity index (χ3v) is 4.54. The summed E-state index contributed by atoms with van der Waals surface area (Å²) in [5.41, 5.74) is 0.790. The molecule has 1 N–H and O–H groups in total. The van der Waals surface area contributed by atoms with Crippen molar-refractivity contribution in [2.75, 3.05) is 0 Å². The van der Waals surface area contributed by atoms with Crippen LogP contribution in [0, 0.1) is 0 Å². The molecule has 0 aliphatic rings. The zero-order chi connectivity index (χ0) is 15.0. The Morgan fingerprint density at radius 3 is 2.95 bits per heavy atom. The number of alkyl halides is 1. The molecule has 6 nitrogen and oxygen atoms in total. The van der Waals surface area contributed by atoms with E-state index < -0.39 is 5.97 Å². The average Bonchev–Trinajstić information content (AvgIpc) is 3.14. The van der Waals surface area contributed by atoms with Gasteiger partial charge in [-0.15, -0.1) is 22.9 Å². The Balaban J connectivity index is 2.08. The van der Waals surface area contributed by atoms with Gasteiger partial charge in [-0.1, -0.05) is 0 Å². The van der Waals surface area contributed by atoms with E-state index in [2.05, 4.69) is 9.97 Å². The Morgan fingerprint density at radius 2 is 2.29 bits per heavy atom. The van der Waals surface area contributed by atoms with Crippen LogP contribution in [0.4, 0.5) is 0 Å². The predicted molar refractivity (Wildman–Crippen MR) is 81.1 cm³/mol. The third kappa shape index (κ3) is 2.43. The standard InChI is InChI=1S/C13H13ClN4O2S/c1-2-17-4-3-15-11(17)7-18-8-5-9(13(19)20)21-12(8)16-10(18)6-14/h3-5H,2,6-7H2,1H3,(H,19,20). The molecule has 0 atom stereocenters. The van der Waals surface area contributed by atoms with Crippen molar-refractivity contribution in [2.24, 2.45) is 0 Å². The predicted octanol–water partition coefficient (Wildman–Crippen LogP) is 2.80. The van der Waals surface area contributed by atoms with Crippen molar-refractivity contribution in [3.8, 4) is 0 Å². The normalized spacial score (nSPS) is 11.3. The Hall–Kier alpha value is -1.86. The first-order valence-corrected chi connectivity index (χ1v) is 7.77. The number of aryl methyl sites for hydroxylation is 1. The number of aromatic carboxylic acids is 1. The van der Waals surface area contributed by atoms with Gasteiger partial charge >= 0.3 is 5.97 Å². The summed E-state index contributed by atoms with van der Waals surface area (Å²) in [6.07, 6.45) is 3.67. The molecule has 3 aromatic rings. The highest BCUT2D eigenvalue weighted by molar-refractivity contribution is 7.20. The maximum Gasteiger partial charge on any atom is 0.346 e. The Kier molecular flexibility index (Phi) is 3.69. The van der Waals surface area contributed by atoms with Crippen LogP contribution in [0.3, 0.4) is 0 Å². The van der Waals surface area contributed by atoms with Crippen LogP contribution in [-0.4, -0.2) is 30.2 Å². The molecule has 0 amide bonds. The van der Waals surface area contributed by atoms with Gasteiger partial charge in [0.2, 0.25) is 0 Å². The van der Waals surface area contributed by atoms with E-state index >= 15 is 0 Å². The van der Waals surface area contributed by atoms with E-state index in [0.29, 0.717) is 11.4 Å². The minimum absolute atomic E-state index is 0.274. The summed E-state index contributed by atoms with van der Waals surface area (Å²) in [6.45, 7) is 3.40. The maximum atomic E-state index is 11.1. The van der Waals surface area contributed by atoms with Gasteiger partial charge in [0.1, 0.15) is 21.4 Å². The number of fused-ring (bicyclic) bond motifs is 1. The molecule has 0 fully saturated rings. The van der Waals surface area contributed by atoms with Gasteiger partial charge in [0.05, 0.1) is 17.9 Å². The zero-order valence-electron chi connectivity index (χ0n) is 11.3. The molecule has 0 radical (unpaired) electrons. The number of carboxylic acid groups (broad SMARTS) is 1. The van der Waals surface area contributed by atoms with Crippen LogP contribution in [0.5, 0.6) is 0 Å². The largest absolute Gasteiger partial charge is 0.477 e. The summed E-state index contributed by atoms with van der Waals surface area (Å²) in [7, 11) is 0. The van der Waals surface area contributed by atoms with Crippen LogP contribution < -0.4 is 0 Å². The van der Waals surface area contributed by atoms with Crippen LogP contribution in [0.2, 0.25) is 0 Å². The van der Waals surface area contributed by atoms with Gasteiger partial charge in [0.25, 0.3) is 0 Å². The number of carboxylic acids is 1. The number of imidazole rings is 2. The van der Waals surface area contributed by atoms with Crippen molar-refractivity contribution in [1.82, 2.24) is 19.1 Å². The summed E-state index contributed by atoms with van der Waals surface area (Å²) in [5.74, 6) is 0.954. The quantitative estimate of drug-likeness (QED) is 0.732. The van der Waals surface area contributed by atoms with Gasteiger partial charge in [0.15, 0.2) is 0 Å². The molecule has 0 spiro atoms. The molecule has 3 aromatic heterocycles. The number of hydrogen-bond donors (Lipinski definition) is 1. The average molecular weight is 325 g/mol. The highest BCUT2D eigenvalue weighted by atomic mass is 35.5. The molecule has 110 valence electrons. The summed E-state index contributed by atoms with van der Waals surface area (Å²) in [6, 6.07) is 1.64. The van der Waals surface area contributed by atoms with Crippen molar-refractivity contribution < 1.29 is 9.90 Å². The lowest BCUT2D eigenvalue weighted by atomic mass is 10.4. The SMILES string of the molecule is CCn1ccnc1Cn1c(CCl)nc2sc(C(=O)O)cc21. The lowest BCUT2D eigenvalue weighted by Gasteiger charge is -2.08. The molecule has 0 saturated carbocycles. The second-order valence-electron chi connectivity index (χ2n) is 4.48. The molecule has 0 unspecified atom stereocenters. The van der Waals surface area contributed by atoms with Crippen LogP contribution in [0.25, 0.3) is 10.3 Å². The number of rotatable bonds is 5. The van der Waals surface area contributed by atoms with Gasteiger partial charge in [-0.25, -0.2) is 14.8 Å². The fraction of sp³-hybridized carbons (Fsp3) is 0.308. The number of halogens is 1. The summed E-state index contributed by atoms with van der Waals surface area (Å²) >= 11 is 7.12. The molecular weight excluding hydrogens is 312 g/mol. The van der Waals surface area contributed by atoms with E-state index in [9.17, 15) is 4.79 Å². The van der Waals surface area contributed by atoms with Crippen molar-refractivity contribution in [3.05, 3.63) is 35.0 Å². The highest BCUT2D eigenvalue weighted by Crippen LogP contribution is 2.27. The van der Waals surface area contributed by atoms with E-state index in [1.807, 2.05) is 22.3 Å². The minimum Gasteiger partial charge on any atom is -0.477 e. The van der Waals surface area contributed by atoms with E-state index in [1.165, 1.54) is 0 Å². The van der Waals surface area contributed by atoms with Crippen LogP contribution >= 0.6 is 22.9 Å². The van der Waals surface area contributed by atoms with Crippen molar-refractivity contribution >= 4 is 39.3 Å². The van der Waals surface area contributed by atoms with Gasteiger partial charge in [0, 0.05) is 18.9 Å². The molecule has 3 heterocycles. The van der Waals surface area contributed by atoms with Crippen LogP contribution in [0.15, 0.2) is 18.5 Å². The number of aromatic nitrogens is 4. The molecule has 3 rings (SSSR count). The Bertz CT molecular complexity index is 804. The van der Waals surface area contributed by atoms with Gasteiger partial charge in [-0.3, -0.25) is 0 Å². The smallest absolute Gasteiger partial charge is 0.346 e. The lowest BCUT2D eigenvalue weighted by molar-refractivity contribution is 0.0702. The molecule has 0 aliphatic heterocycles. The number of nitrogens with zero attached hydrogens (tertiary/aromatic N) is 4. The zero-order valence-corrected chi connectivity index (χ0v) is 12.9. The Labute approximate surface area is 129 Å². The number of carbonyl (C=O) groups is 1. The summed E-state index contributed by atoms with van der Waals surface area (Å²) in [4.78, 5) is 20.8. The first-order valence-electron chi connectivity index (χ1n) is 6.42. The van der Waals surface area contributed by atoms with E-state index in [0.717, 1.165) is 35.0 Å². The van der Waals surface area contributed by atoms with Gasteiger partial charge < -0.3 is 14.2 Å². The summed E-state index contributed by atoms with van der Waals surface area (Å²) in [5, 5.41) is 9.09. The fourth-order valence-corrected chi connectivity index (χ4v) is 3.36. The monoisotopic (exact) mass is 324 g/mol. The van der Waals surface area contributed by atoms with Crippen molar-refractivity contribution in [3.63, 3.8) is 0 Å². The molecule has 8 heteroatoms. The minimum atomic E-state index is -0.938. The van der Waals surface area contributed by atoms with Crippen molar-refractivity contribution in [2.45, 2.75) is 25.9 Å². The first-order chi connectivity index (χ1) is 10.1. The molecular formula is C13H13ClN4O2S. The van der Waals surface area contributed by atoms with E-state index in [1.54, 1.807) is 12.3 Å². The van der Waals surface area contributed by atoms with E-state index in [4.69, 9.17) is 16.7 Å². The molecule has 0 bridgehead atoms. The first kappa shape index (κ1) is 14.1. The van der Waals surface area contributed by atoms with E-state index in [-0.39, 0.29) is 10.8 Å². The fourth-order valence-electron chi connectivity index (χ4n) is 2.27. The van der Waals surface area contributed by atoms with Crippen LogP contribution in [-0.2, 0) is 19.0 Å². The molecule has 0 aliphatic carbocycles. The number of hydrogen-bond acceptors (Lipinski definition) is 4. The van der Waals surface area contributed by atoms with Crippen molar-refractivity contribution in [1.29, 1.82) is 0 Å². The number of thiophene rings is 1. The second-order valence-corrected chi connectivity index (χ2v) is 5.78. The van der Waals surface area contributed by atoms with Gasteiger partial charge in [-0.05, 0) is 13.0 Å². The maximum absolute atomic E-state index is 11.1. The summed E-state index contributed by atoms with van der Waals surface area (Å²) < 4.78 is 3.97. The lowest BCUT2D eigenvalue weighted by Crippen LogP contribution is -2.09. The third-order valence-electron chi connectivity index (χ3n) is 3.30. The molecule has 0 saturated heterocycles. The molecule has 21 heavy (non-hydrogen) atoms.